The quantitative estimate of drug-likeness (QED) is 0.812. The molecule has 2 aromatic rings. The van der Waals surface area contributed by atoms with E-state index in [0.717, 1.165) is 19.3 Å². The first kappa shape index (κ1) is 13.7. The summed E-state index contributed by atoms with van der Waals surface area (Å²) < 4.78 is 13.2. The lowest BCUT2D eigenvalue weighted by molar-refractivity contribution is 0.0729. The van der Waals surface area contributed by atoms with Crippen LogP contribution in [0, 0.1) is 5.95 Å². The van der Waals surface area contributed by atoms with E-state index in [4.69, 9.17) is 0 Å². The molecule has 0 radical (unpaired) electrons. The van der Waals surface area contributed by atoms with Gasteiger partial charge in [-0.1, -0.05) is 36.4 Å². The van der Waals surface area contributed by atoms with Crippen LogP contribution in [0.15, 0.2) is 48.5 Å². The first-order valence-corrected chi connectivity index (χ1v) is 7.21. The summed E-state index contributed by atoms with van der Waals surface area (Å²) in [6, 6.07) is 14.7. The Hall–Kier alpha value is -2.23. The number of carbonyl (C=O) groups is 1. The van der Waals surface area contributed by atoms with Crippen LogP contribution < -0.4 is 0 Å². The molecule has 0 spiro atoms. The van der Waals surface area contributed by atoms with E-state index in [-0.39, 0.29) is 17.6 Å². The molecule has 4 heteroatoms. The van der Waals surface area contributed by atoms with Crippen LogP contribution in [-0.4, -0.2) is 28.4 Å². The van der Waals surface area contributed by atoms with Gasteiger partial charge in [0.1, 0.15) is 5.69 Å². The number of nitrogens with zero attached hydrogens (tertiary/aromatic N) is 2. The van der Waals surface area contributed by atoms with Crippen molar-refractivity contribution in [2.24, 2.45) is 0 Å². The third-order valence-electron chi connectivity index (χ3n) is 3.89. The van der Waals surface area contributed by atoms with Crippen LogP contribution in [0.5, 0.6) is 0 Å². The summed E-state index contributed by atoms with van der Waals surface area (Å²) >= 11 is 0. The molecule has 108 valence electrons. The van der Waals surface area contributed by atoms with Gasteiger partial charge >= 0.3 is 0 Å². The fourth-order valence-corrected chi connectivity index (χ4v) is 2.88. The minimum absolute atomic E-state index is 0.171. The lowest BCUT2D eigenvalue weighted by Gasteiger charge is -2.24. The van der Waals surface area contributed by atoms with Gasteiger partial charge < -0.3 is 4.90 Å². The van der Waals surface area contributed by atoms with Crippen molar-refractivity contribution in [1.82, 2.24) is 9.88 Å². The molecule has 3 nitrogen and oxygen atoms in total. The van der Waals surface area contributed by atoms with E-state index >= 15 is 0 Å². The zero-order chi connectivity index (χ0) is 14.7. The molecule has 0 aliphatic carbocycles. The normalized spacial score (nSPS) is 18.0. The fourth-order valence-electron chi connectivity index (χ4n) is 2.88. The summed E-state index contributed by atoms with van der Waals surface area (Å²) in [5.74, 6) is -0.785. The highest BCUT2D eigenvalue weighted by Gasteiger charge is 2.30. The molecule has 1 aliphatic rings. The smallest absolute Gasteiger partial charge is 0.272 e. The molecular formula is C17H17FN2O. The minimum atomic E-state index is -0.611. The summed E-state index contributed by atoms with van der Waals surface area (Å²) in [6.45, 7) is 0.717. The standard InChI is InChI=1S/C17H17FN2O/c18-16-10-4-9-15(19-16)17(21)20-11-5-8-14(20)12-13-6-2-1-3-7-13/h1-4,6-7,9-10,14H,5,8,11-12H2. The molecule has 1 amide bonds. The molecule has 1 fully saturated rings. The van der Waals surface area contributed by atoms with E-state index in [9.17, 15) is 9.18 Å². The molecule has 1 unspecified atom stereocenters. The maximum absolute atomic E-state index is 13.2. The van der Waals surface area contributed by atoms with Crippen molar-refractivity contribution in [3.63, 3.8) is 0 Å². The average Bonchev–Trinajstić information content (AvgIpc) is 2.95. The number of aromatic nitrogens is 1. The summed E-state index contributed by atoms with van der Waals surface area (Å²) in [5.41, 5.74) is 1.41. The van der Waals surface area contributed by atoms with Crippen LogP contribution in [0.25, 0.3) is 0 Å². The molecule has 1 atom stereocenters. The van der Waals surface area contributed by atoms with Gasteiger partial charge in [-0.25, -0.2) is 4.98 Å². The van der Waals surface area contributed by atoms with E-state index in [1.165, 1.54) is 17.7 Å². The van der Waals surface area contributed by atoms with Gasteiger partial charge in [0.05, 0.1) is 0 Å². The largest absolute Gasteiger partial charge is 0.334 e. The van der Waals surface area contributed by atoms with Crippen molar-refractivity contribution in [3.05, 3.63) is 65.7 Å². The summed E-state index contributed by atoms with van der Waals surface area (Å²) in [4.78, 5) is 18.0. The van der Waals surface area contributed by atoms with E-state index in [1.807, 2.05) is 23.1 Å². The number of halogens is 1. The molecule has 3 rings (SSSR count). The monoisotopic (exact) mass is 284 g/mol. The van der Waals surface area contributed by atoms with E-state index in [1.54, 1.807) is 6.07 Å². The molecule has 0 N–H and O–H groups in total. The second kappa shape index (κ2) is 6.04. The van der Waals surface area contributed by atoms with Crippen LogP contribution in [0.1, 0.15) is 28.9 Å². The Bertz CT molecular complexity index is 630. The van der Waals surface area contributed by atoms with Gasteiger partial charge in [0, 0.05) is 12.6 Å². The Labute approximate surface area is 123 Å². The number of hydrogen-bond acceptors (Lipinski definition) is 2. The molecule has 1 aromatic carbocycles. The van der Waals surface area contributed by atoms with Crippen molar-refractivity contribution < 1.29 is 9.18 Å². The van der Waals surface area contributed by atoms with Gasteiger partial charge in [0.25, 0.3) is 5.91 Å². The molecule has 1 aliphatic heterocycles. The summed E-state index contributed by atoms with van der Waals surface area (Å²) in [5, 5.41) is 0. The molecular weight excluding hydrogens is 267 g/mol. The number of rotatable bonds is 3. The third-order valence-corrected chi connectivity index (χ3v) is 3.89. The van der Waals surface area contributed by atoms with Crippen LogP contribution >= 0.6 is 0 Å². The van der Waals surface area contributed by atoms with Gasteiger partial charge in [-0.2, -0.15) is 4.39 Å². The SMILES string of the molecule is O=C(c1cccc(F)n1)N1CCCC1Cc1ccccc1. The molecule has 21 heavy (non-hydrogen) atoms. The summed E-state index contributed by atoms with van der Waals surface area (Å²) in [7, 11) is 0. The Morgan fingerprint density at radius 1 is 1.19 bits per heavy atom. The number of hydrogen-bond donors (Lipinski definition) is 0. The Balaban J connectivity index is 1.76. The molecule has 0 saturated carbocycles. The highest BCUT2D eigenvalue weighted by atomic mass is 19.1. The minimum Gasteiger partial charge on any atom is -0.334 e. The van der Waals surface area contributed by atoms with Gasteiger partial charge in [0.15, 0.2) is 0 Å². The molecule has 1 saturated heterocycles. The van der Waals surface area contributed by atoms with Crippen molar-refractivity contribution >= 4 is 5.91 Å². The highest BCUT2D eigenvalue weighted by Crippen LogP contribution is 2.23. The lowest BCUT2D eigenvalue weighted by Crippen LogP contribution is -2.37. The maximum Gasteiger partial charge on any atom is 0.272 e. The average molecular weight is 284 g/mol. The van der Waals surface area contributed by atoms with Gasteiger partial charge in [0.2, 0.25) is 5.95 Å². The van der Waals surface area contributed by atoms with Crippen molar-refractivity contribution in [2.75, 3.05) is 6.54 Å². The zero-order valence-corrected chi connectivity index (χ0v) is 11.7. The number of pyridine rings is 1. The van der Waals surface area contributed by atoms with E-state index in [0.29, 0.717) is 6.54 Å². The van der Waals surface area contributed by atoms with E-state index < -0.39 is 5.95 Å². The predicted molar refractivity (Wildman–Crippen MR) is 78.4 cm³/mol. The van der Waals surface area contributed by atoms with Crippen LogP contribution in [0.3, 0.4) is 0 Å². The number of carbonyl (C=O) groups excluding carboxylic acids is 1. The Morgan fingerprint density at radius 3 is 2.76 bits per heavy atom. The third kappa shape index (κ3) is 3.10. The van der Waals surface area contributed by atoms with Crippen molar-refractivity contribution in [3.8, 4) is 0 Å². The second-order valence-electron chi connectivity index (χ2n) is 5.33. The second-order valence-corrected chi connectivity index (χ2v) is 5.33. The first-order valence-electron chi connectivity index (χ1n) is 7.21. The topological polar surface area (TPSA) is 33.2 Å². The Kier molecular flexibility index (Phi) is 3.95. The fraction of sp³-hybridized carbons (Fsp3) is 0.294. The molecule has 0 bridgehead atoms. The van der Waals surface area contributed by atoms with Crippen LogP contribution in [0.2, 0.25) is 0 Å². The van der Waals surface area contributed by atoms with Gasteiger partial charge in [-0.15, -0.1) is 0 Å². The first-order chi connectivity index (χ1) is 10.2. The number of amides is 1. The zero-order valence-electron chi connectivity index (χ0n) is 11.7. The van der Waals surface area contributed by atoms with Crippen molar-refractivity contribution in [2.45, 2.75) is 25.3 Å². The lowest BCUT2D eigenvalue weighted by atomic mass is 10.0. The van der Waals surface area contributed by atoms with Crippen LogP contribution in [0.4, 0.5) is 4.39 Å². The van der Waals surface area contributed by atoms with Gasteiger partial charge in [-0.05, 0) is 37.0 Å². The summed E-state index contributed by atoms with van der Waals surface area (Å²) in [6.07, 6.45) is 2.80. The molecule has 1 aromatic heterocycles. The van der Waals surface area contributed by atoms with E-state index in [2.05, 4.69) is 17.1 Å². The number of likely N-dealkylation sites (tertiary alicyclic amines) is 1. The van der Waals surface area contributed by atoms with Crippen LogP contribution in [-0.2, 0) is 6.42 Å². The number of benzene rings is 1. The van der Waals surface area contributed by atoms with Gasteiger partial charge in [-0.3, -0.25) is 4.79 Å². The highest BCUT2D eigenvalue weighted by molar-refractivity contribution is 5.92. The molecule has 2 heterocycles. The predicted octanol–water partition coefficient (Wildman–Crippen LogP) is 3.07. The Morgan fingerprint density at radius 2 is 2.00 bits per heavy atom. The maximum atomic E-state index is 13.2. The van der Waals surface area contributed by atoms with Crippen molar-refractivity contribution in [1.29, 1.82) is 0 Å².